The van der Waals surface area contributed by atoms with Crippen LogP contribution in [0.25, 0.3) is 11.0 Å². The fourth-order valence-electron chi connectivity index (χ4n) is 4.56. The summed E-state index contributed by atoms with van der Waals surface area (Å²) in [7, 11) is 0. The quantitative estimate of drug-likeness (QED) is 0.435. The van der Waals surface area contributed by atoms with E-state index in [1.807, 2.05) is 61.5 Å². The number of hydrogen-bond acceptors (Lipinski definition) is 5. The fraction of sp³-hybridized carbons (Fsp3) is 0.276. The highest BCUT2D eigenvalue weighted by atomic mass is 16.5. The van der Waals surface area contributed by atoms with Crippen LogP contribution in [0.3, 0.4) is 0 Å². The second-order valence-corrected chi connectivity index (χ2v) is 9.06. The number of aliphatic hydroxyl groups is 1. The lowest BCUT2D eigenvalue weighted by Gasteiger charge is -2.19. The molecule has 4 aromatic rings. The normalized spacial score (nSPS) is 14.9. The summed E-state index contributed by atoms with van der Waals surface area (Å²) in [6.45, 7) is 4.34. The van der Waals surface area contributed by atoms with Gasteiger partial charge in [-0.15, -0.1) is 0 Å². The Labute approximate surface area is 199 Å². The third-order valence-electron chi connectivity index (χ3n) is 6.47. The van der Waals surface area contributed by atoms with E-state index < -0.39 is 6.10 Å². The number of rotatable bonds is 6. The average molecular weight is 456 g/mol. The van der Waals surface area contributed by atoms with Crippen molar-refractivity contribution in [2.75, 3.05) is 13.2 Å². The Bertz CT molecular complexity index is 1350. The summed E-state index contributed by atoms with van der Waals surface area (Å²) in [6.07, 6.45) is 2.51. The molecule has 34 heavy (non-hydrogen) atoms. The van der Waals surface area contributed by atoms with Crippen LogP contribution in [0, 0.1) is 6.92 Å². The van der Waals surface area contributed by atoms with Crippen molar-refractivity contribution in [1.29, 1.82) is 0 Å². The Hall–Kier alpha value is -3.41. The van der Waals surface area contributed by atoms with Crippen LogP contribution in [-0.4, -0.2) is 23.2 Å². The zero-order valence-corrected chi connectivity index (χ0v) is 19.4. The van der Waals surface area contributed by atoms with Gasteiger partial charge in [-0.2, -0.15) is 0 Å². The van der Waals surface area contributed by atoms with Crippen LogP contribution >= 0.6 is 0 Å². The molecule has 0 saturated heterocycles. The van der Waals surface area contributed by atoms with Crippen molar-refractivity contribution in [2.24, 2.45) is 0 Å². The van der Waals surface area contributed by atoms with E-state index in [2.05, 4.69) is 17.0 Å². The third kappa shape index (κ3) is 4.91. The van der Waals surface area contributed by atoms with Crippen molar-refractivity contribution in [3.8, 4) is 5.75 Å². The first-order valence-electron chi connectivity index (χ1n) is 11.8. The minimum Gasteiger partial charge on any atom is -0.492 e. The molecule has 1 aliphatic rings. The van der Waals surface area contributed by atoms with Gasteiger partial charge < -0.3 is 14.3 Å². The summed E-state index contributed by atoms with van der Waals surface area (Å²) < 4.78 is 11.7. The monoisotopic (exact) mass is 455 g/mol. The molecule has 0 amide bonds. The average Bonchev–Trinajstić information content (AvgIpc) is 3.06. The molecular weight excluding hydrogens is 426 g/mol. The molecule has 1 atom stereocenters. The molecule has 3 aromatic carbocycles. The number of aliphatic hydroxyl groups excluding tert-OH is 1. The third-order valence-corrected chi connectivity index (χ3v) is 6.47. The van der Waals surface area contributed by atoms with Crippen LogP contribution in [0.4, 0.5) is 0 Å². The molecule has 0 bridgehead atoms. The van der Waals surface area contributed by atoms with Crippen molar-refractivity contribution in [1.82, 2.24) is 4.90 Å². The SMILES string of the molecule is Cc1ccc2occ(CN3CCOc4ccc([C@@H](O)CCc5ccccc5)cc4C3)c(=O)c2c1. The molecule has 2 heterocycles. The maximum absolute atomic E-state index is 13.1. The van der Waals surface area contributed by atoms with Gasteiger partial charge in [-0.05, 0) is 55.2 Å². The molecule has 1 aromatic heterocycles. The molecule has 0 unspecified atom stereocenters. The number of benzene rings is 3. The lowest BCUT2D eigenvalue weighted by atomic mass is 9.99. The summed E-state index contributed by atoms with van der Waals surface area (Å²) in [4.78, 5) is 15.3. The van der Waals surface area contributed by atoms with Crippen molar-refractivity contribution in [2.45, 2.75) is 39.0 Å². The number of ether oxygens (including phenoxy) is 1. The molecule has 174 valence electrons. The second kappa shape index (κ2) is 9.84. The second-order valence-electron chi connectivity index (χ2n) is 9.06. The number of aryl methyl sites for hydroxylation is 2. The number of fused-ring (bicyclic) bond motifs is 2. The van der Waals surface area contributed by atoms with Gasteiger partial charge >= 0.3 is 0 Å². The largest absolute Gasteiger partial charge is 0.492 e. The highest BCUT2D eigenvalue weighted by molar-refractivity contribution is 5.77. The van der Waals surface area contributed by atoms with Crippen LogP contribution in [0.2, 0.25) is 0 Å². The summed E-state index contributed by atoms with van der Waals surface area (Å²) in [5.41, 5.74) is 5.43. The Morgan fingerprint density at radius 3 is 2.76 bits per heavy atom. The van der Waals surface area contributed by atoms with E-state index in [1.165, 1.54) is 5.56 Å². The van der Waals surface area contributed by atoms with Gasteiger partial charge in [0.15, 0.2) is 5.43 Å². The first-order chi connectivity index (χ1) is 16.6. The van der Waals surface area contributed by atoms with E-state index in [-0.39, 0.29) is 5.43 Å². The summed E-state index contributed by atoms with van der Waals surface area (Å²) in [5, 5.41) is 11.4. The van der Waals surface area contributed by atoms with E-state index in [1.54, 1.807) is 6.26 Å². The van der Waals surface area contributed by atoms with E-state index in [0.717, 1.165) is 28.9 Å². The van der Waals surface area contributed by atoms with Crippen LogP contribution in [0.1, 0.15) is 40.3 Å². The Kier molecular flexibility index (Phi) is 6.48. The van der Waals surface area contributed by atoms with Gasteiger partial charge in [0, 0.05) is 30.8 Å². The molecule has 0 radical (unpaired) electrons. The highest BCUT2D eigenvalue weighted by Gasteiger charge is 2.19. The lowest BCUT2D eigenvalue weighted by Crippen LogP contribution is -2.28. The lowest BCUT2D eigenvalue weighted by molar-refractivity contribution is 0.167. The molecule has 5 heteroatoms. The Balaban J connectivity index is 1.32. The van der Waals surface area contributed by atoms with Crippen molar-refractivity contribution >= 4 is 11.0 Å². The topological polar surface area (TPSA) is 62.9 Å². The van der Waals surface area contributed by atoms with Crippen LogP contribution in [0.15, 0.2) is 82.2 Å². The van der Waals surface area contributed by atoms with E-state index in [0.29, 0.717) is 49.2 Å². The van der Waals surface area contributed by atoms with Crippen molar-refractivity contribution < 1.29 is 14.3 Å². The standard InChI is InChI=1S/C29H29NO4/c1-20-7-11-28-25(15-20)29(32)24(19-34-28)18-30-13-14-33-27-12-9-22(16-23(27)17-30)26(31)10-8-21-5-3-2-4-6-21/h2-7,9,11-12,15-16,19,26,31H,8,10,13-14,17-18H2,1H3/t26-/m0/s1. The van der Waals surface area contributed by atoms with Crippen LogP contribution in [0.5, 0.6) is 5.75 Å². The Morgan fingerprint density at radius 2 is 1.91 bits per heavy atom. The van der Waals surface area contributed by atoms with E-state index >= 15 is 0 Å². The molecule has 0 spiro atoms. The maximum Gasteiger partial charge on any atom is 0.197 e. The van der Waals surface area contributed by atoms with Gasteiger partial charge in [0.05, 0.1) is 17.8 Å². The summed E-state index contributed by atoms with van der Waals surface area (Å²) >= 11 is 0. The van der Waals surface area contributed by atoms with E-state index in [9.17, 15) is 9.90 Å². The molecule has 1 N–H and O–H groups in total. The van der Waals surface area contributed by atoms with Gasteiger partial charge in [0.2, 0.25) is 0 Å². The molecule has 0 saturated carbocycles. The van der Waals surface area contributed by atoms with Gasteiger partial charge in [-0.3, -0.25) is 9.69 Å². The molecular formula is C29H29NO4. The molecule has 0 aliphatic carbocycles. The predicted octanol–water partition coefficient (Wildman–Crippen LogP) is 5.16. The first kappa shape index (κ1) is 22.4. The minimum atomic E-state index is -0.544. The fourth-order valence-corrected chi connectivity index (χ4v) is 4.56. The number of nitrogens with zero attached hydrogens (tertiary/aromatic N) is 1. The predicted molar refractivity (Wildman–Crippen MR) is 133 cm³/mol. The molecule has 5 nitrogen and oxygen atoms in total. The molecule has 0 fully saturated rings. The first-order valence-corrected chi connectivity index (χ1v) is 11.8. The van der Waals surface area contributed by atoms with Crippen molar-refractivity contribution in [3.63, 3.8) is 0 Å². The molecule has 1 aliphatic heterocycles. The summed E-state index contributed by atoms with van der Waals surface area (Å²) in [5.74, 6) is 0.836. The van der Waals surface area contributed by atoms with E-state index in [4.69, 9.17) is 9.15 Å². The molecule has 5 rings (SSSR count). The zero-order chi connectivity index (χ0) is 23.5. The zero-order valence-electron chi connectivity index (χ0n) is 19.4. The van der Waals surface area contributed by atoms with Gasteiger partial charge in [0.1, 0.15) is 17.9 Å². The maximum atomic E-state index is 13.1. The smallest absolute Gasteiger partial charge is 0.197 e. The summed E-state index contributed by atoms with van der Waals surface area (Å²) in [6, 6.07) is 21.8. The van der Waals surface area contributed by atoms with Gasteiger partial charge in [0.25, 0.3) is 0 Å². The highest BCUT2D eigenvalue weighted by Crippen LogP contribution is 2.29. The Morgan fingerprint density at radius 1 is 1.06 bits per heavy atom. The van der Waals surface area contributed by atoms with Gasteiger partial charge in [-0.1, -0.05) is 48.0 Å². The minimum absolute atomic E-state index is 0.0143. The number of hydrogen-bond donors (Lipinski definition) is 1. The van der Waals surface area contributed by atoms with Crippen LogP contribution < -0.4 is 10.2 Å². The van der Waals surface area contributed by atoms with Gasteiger partial charge in [-0.25, -0.2) is 0 Å². The van der Waals surface area contributed by atoms with Crippen molar-refractivity contribution in [3.05, 3.63) is 111 Å². The van der Waals surface area contributed by atoms with Crippen LogP contribution in [-0.2, 0) is 19.5 Å².